The molecule has 0 unspecified atom stereocenters. The van der Waals surface area contributed by atoms with E-state index in [4.69, 9.17) is 5.73 Å². The van der Waals surface area contributed by atoms with Gasteiger partial charge in [-0.15, -0.1) is 0 Å². The fraction of sp³-hybridized carbons (Fsp3) is 0.231. The van der Waals surface area contributed by atoms with Crippen LogP contribution in [0.5, 0.6) is 0 Å². The van der Waals surface area contributed by atoms with E-state index < -0.39 is 0 Å². The summed E-state index contributed by atoms with van der Waals surface area (Å²) >= 11 is 0. The van der Waals surface area contributed by atoms with Crippen molar-refractivity contribution in [3.05, 3.63) is 72.7 Å². The van der Waals surface area contributed by atoms with E-state index in [0.717, 1.165) is 65.1 Å². The molecule has 7 heteroatoms. The lowest BCUT2D eigenvalue weighted by Crippen LogP contribution is -2.44. The summed E-state index contributed by atoms with van der Waals surface area (Å²) in [6, 6.07) is 8.48. The topological polar surface area (TPSA) is 89.9 Å². The summed E-state index contributed by atoms with van der Waals surface area (Å²) < 4.78 is 0. The number of hydrogen-bond donors (Lipinski definition) is 3. The maximum Gasteiger partial charge on any atom is 0.116 e. The lowest BCUT2D eigenvalue weighted by Gasteiger charge is -2.34. The molecule has 0 saturated carbocycles. The van der Waals surface area contributed by atoms with Gasteiger partial charge in [-0.25, -0.2) is 0 Å². The number of benzene rings is 1. The molecular formula is C26H29N7. The summed E-state index contributed by atoms with van der Waals surface area (Å²) in [4.78, 5) is 12.8. The van der Waals surface area contributed by atoms with Crippen LogP contribution in [-0.2, 0) is 0 Å². The lowest BCUT2D eigenvalue weighted by atomic mass is 10.0. The Labute approximate surface area is 193 Å². The first-order chi connectivity index (χ1) is 16.1. The standard InChI is InChI=1S/C26H29N7/c1-4-17(12-19(27)5-2)18-6-7-22-21(13-18)26(31-30-22)23-14-20-24(29-23)15-28-16-25(20)33-10-8-32(3)9-11-33/h4-7,12-16,29H,2,8-11,27H2,1,3H3,(H,30,31)/b17-4+,19-12+. The highest BCUT2D eigenvalue weighted by atomic mass is 15.2. The van der Waals surface area contributed by atoms with Crippen molar-refractivity contribution in [2.45, 2.75) is 6.92 Å². The molecular weight excluding hydrogens is 410 g/mol. The van der Waals surface area contributed by atoms with Gasteiger partial charge in [-0.1, -0.05) is 18.7 Å². The van der Waals surface area contributed by atoms with Gasteiger partial charge >= 0.3 is 0 Å². The van der Waals surface area contributed by atoms with Crippen molar-refractivity contribution >= 4 is 33.1 Å². The number of hydrogen-bond acceptors (Lipinski definition) is 5. The van der Waals surface area contributed by atoms with Crippen LogP contribution >= 0.6 is 0 Å². The molecule has 1 saturated heterocycles. The highest BCUT2D eigenvalue weighted by molar-refractivity contribution is 6.00. The molecule has 168 valence electrons. The van der Waals surface area contributed by atoms with Crippen LogP contribution in [0.25, 0.3) is 38.8 Å². The zero-order valence-electron chi connectivity index (χ0n) is 19.1. The molecule has 4 N–H and O–H groups in total. The van der Waals surface area contributed by atoms with Crippen LogP contribution in [0, 0.1) is 0 Å². The van der Waals surface area contributed by atoms with Crippen molar-refractivity contribution in [2.24, 2.45) is 5.73 Å². The van der Waals surface area contributed by atoms with Gasteiger partial charge in [0.25, 0.3) is 0 Å². The molecule has 1 aromatic carbocycles. The van der Waals surface area contributed by atoms with E-state index >= 15 is 0 Å². The normalized spacial score (nSPS) is 16.1. The lowest BCUT2D eigenvalue weighted by molar-refractivity contribution is 0.313. The van der Waals surface area contributed by atoms with E-state index in [-0.39, 0.29) is 0 Å². The molecule has 0 spiro atoms. The first-order valence-electron chi connectivity index (χ1n) is 11.2. The van der Waals surface area contributed by atoms with Crippen LogP contribution in [0.2, 0.25) is 0 Å². The third-order valence-corrected chi connectivity index (χ3v) is 6.39. The summed E-state index contributed by atoms with van der Waals surface area (Å²) in [5.41, 5.74) is 13.8. The Hall–Kier alpha value is -3.84. The number of aromatic nitrogens is 4. The Morgan fingerprint density at radius 2 is 1.91 bits per heavy atom. The molecule has 7 nitrogen and oxygen atoms in total. The molecule has 4 heterocycles. The third kappa shape index (κ3) is 3.91. The number of likely N-dealkylation sites (N-methyl/N-ethyl adjacent to an activating group) is 1. The maximum absolute atomic E-state index is 5.99. The van der Waals surface area contributed by atoms with Gasteiger partial charge < -0.3 is 20.5 Å². The third-order valence-electron chi connectivity index (χ3n) is 6.39. The zero-order chi connectivity index (χ0) is 22.9. The van der Waals surface area contributed by atoms with Gasteiger partial charge in [0.2, 0.25) is 0 Å². The Morgan fingerprint density at radius 3 is 2.67 bits per heavy atom. The fourth-order valence-corrected chi connectivity index (χ4v) is 4.43. The number of nitrogens with two attached hydrogens (primary N) is 1. The summed E-state index contributed by atoms with van der Waals surface area (Å²) in [5.74, 6) is 0. The van der Waals surface area contributed by atoms with E-state index in [1.54, 1.807) is 6.08 Å². The number of H-pyrrole nitrogens is 2. The quantitative estimate of drug-likeness (QED) is 0.404. The zero-order valence-corrected chi connectivity index (χ0v) is 19.1. The molecule has 0 bridgehead atoms. The number of nitrogens with zero attached hydrogens (tertiary/aromatic N) is 4. The highest BCUT2D eigenvalue weighted by Crippen LogP contribution is 2.34. The van der Waals surface area contributed by atoms with Crippen LogP contribution in [0.1, 0.15) is 12.5 Å². The maximum atomic E-state index is 5.99. The van der Waals surface area contributed by atoms with Gasteiger partial charge in [-0.05, 0) is 55.5 Å². The summed E-state index contributed by atoms with van der Waals surface area (Å²) in [6.07, 6.45) is 9.50. The van der Waals surface area contributed by atoms with Crippen molar-refractivity contribution in [2.75, 3.05) is 38.1 Å². The predicted octanol–water partition coefficient (Wildman–Crippen LogP) is 4.29. The van der Waals surface area contributed by atoms with Gasteiger partial charge in [-0.2, -0.15) is 5.10 Å². The monoisotopic (exact) mass is 439 g/mol. The van der Waals surface area contributed by atoms with Crippen molar-refractivity contribution in [3.63, 3.8) is 0 Å². The molecule has 1 aliphatic rings. The molecule has 0 atom stereocenters. The van der Waals surface area contributed by atoms with Crippen molar-refractivity contribution in [1.29, 1.82) is 0 Å². The van der Waals surface area contributed by atoms with E-state index in [1.807, 2.05) is 31.5 Å². The molecule has 3 aromatic heterocycles. The van der Waals surface area contributed by atoms with Gasteiger partial charge in [0.15, 0.2) is 0 Å². The highest BCUT2D eigenvalue weighted by Gasteiger charge is 2.19. The predicted molar refractivity (Wildman–Crippen MR) is 137 cm³/mol. The number of allylic oxidation sites excluding steroid dienone is 4. The minimum Gasteiger partial charge on any atom is -0.399 e. The molecule has 5 rings (SSSR count). The first kappa shape index (κ1) is 21.0. The van der Waals surface area contributed by atoms with Gasteiger partial charge in [0.1, 0.15) is 5.69 Å². The second-order valence-electron chi connectivity index (χ2n) is 8.52. The van der Waals surface area contributed by atoms with Gasteiger partial charge in [0, 0.05) is 42.6 Å². The number of fused-ring (bicyclic) bond motifs is 2. The van der Waals surface area contributed by atoms with E-state index in [1.165, 1.54) is 11.1 Å². The van der Waals surface area contributed by atoms with Crippen LogP contribution in [0.15, 0.2) is 67.2 Å². The van der Waals surface area contributed by atoms with Crippen LogP contribution in [0.4, 0.5) is 5.69 Å². The van der Waals surface area contributed by atoms with Crippen molar-refractivity contribution in [3.8, 4) is 11.4 Å². The Kier molecular flexibility index (Phi) is 5.48. The largest absolute Gasteiger partial charge is 0.399 e. The van der Waals surface area contributed by atoms with Crippen LogP contribution in [-0.4, -0.2) is 58.3 Å². The van der Waals surface area contributed by atoms with E-state index in [9.17, 15) is 0 Å². The molecule has 1 fully saturated rings. The van der Waals surface area contributed by atoms with Crippen LogP contribution < -0.4 is 10.6 Å². The van der Waals surface area contributed by atoms with E-state index in [2.05, 4.69) is 67.9 Å². The molecule has 33 heavy (non-hydrogen) atoms. The number of anilines is 1. The van der Waals surface area contributed by atoms with Gasteiger partial charge in [-0.3, -0.25) is 10.1 Å². The minimum absolute atomic E-state index is 0.634. The second kappa shape index (κ2) is 8.60. The number of piperazine rings is 1. The van der Waals surface area contributed by atoms with Crippen molar-refractivity contribution in [1.82, 2.24) is 25.1 Å². The smallest absolute Gasteiger partial charge is 0.116 e. The molecule has 0 aliphatic carbocycles. The Balaban J connectivity index is 1.57. The number of pyridine rings is 1. The average molecular weight is 440 g/mol. The molecule has 1 aliphatic heterocycles. The fourth-order valence-electron chi connectivity index (χ4n) is 4.43. The second-order valence-corrected chi connectivity index (χ2v) is 8.52. The summed E-state index contributed by atoms with van der Waals surface area (Å²) in [6.45, 7) is 9.87. The van der Waals surface area contributed by atoms with Crippen LogP contribution in [0.3, 0.4) is 0 Å². The summed E-state index contributed by atoms with van der Waals surface area (Å²) in [5, 5.41) is 10.0. The molecule has 4 aromatic rings. The first-order valence-corrected chi connectivity index (χ1v) is 11.2. The average Bonchev–Trinajstić information content (AvgIpc) is 3.46. The SMILES string of the molecule is C=C/C(N)=C\C(=C/C)c1ccc2[nH]nc(-c3cc4c(N5CCN(C)CC5)cncc4[nH]3)c2c1. The number of rotatable bonds is 5. The molecule has 0 radical (unpaired) electrons. The number of nitrogens with one attached hydrogen (secondary N) is 2. The molecule has 0 amide bonds. The van der Waals surface area contributed by atoms with Gasteiger partial charge in [0.05, 0.1) is 34.8 Å². The van der Waals surface area contributed by atoms with E-state index in [0.29, 0.717) is 5.70 Å². The summed E-state index contributed by atoms with van der Waals surface area (Å²) in [7, 11) is 2.17. The Morgan fingerprint density at radius 1 is 1.09 bits per heavy atom. The number of aromatic amines is 2. The Bertz CT molecular complexity index is 1380. The minimum atomic E-state index is 0.634. The van der Waals surface area contributed by atoms with Crippen molar-refractivity contribution < 1.29 is 0 Å².